The lowest BCUT2D eigenvalue weighted by atomic mass is 10.0. The van der Waals surface area contributed by atoms with Gasteiger partial charge in [0.15, 0.2) is 16.3 Å². The van der Waals surface area contributed by atoms with Gasteiger partial charge in [0, 0.05) is 28.1 Å². The molecule has 5 aromatic rings. The molecule has 3 heteroatoms. The summed E-state index contributed by atoms with van der Waals surface area (Å²) < 4.78 is 1.22. The summed E-state index contributed by atoms with van der Waals surface area (Å²) in [5.41, 5.74) is 2.16. The molecule has 0 N–H and O–H groups in total. The molecular formula is C21H12Al2N. The fraction of sp³-hybridized carbons (Fsp3) is 0. The smallest absolute Gasteiger partial charge is 0.177 e. The average Bonchev–Trinajstić information content (AvgIpc) is 2.61. The zero-order chi connectivity index (χ0) is 15.4. The second kappa shape index (κ2) is 5.89. The second-order valence-corrected chi connectivity index (χ2v) is 6.47. The van der Waals surface area contributed by atoms with Crippen molar-refractivity contribution >= 4 is 81.4 Å². The highest BCUT2D eigenvalue weighted by Crippen LogP contribution is 2.28. The summed E-state index contributed by atoms with van der Waals surface area (Å²) in [5.74, 6) is 0. The van der Waals surface area contributed by atoms with Crippen LogP contribution in [0.1, 0.15) is 0 Å². The molecule has 0 unspecified atom stereocenters. The van der Waals surface area contributed by atoms with Gasteiger partial charge in [-0.15, -0.1) is 4.43 Å². The summed E-state index contributed by atoms with van der Waals surface area (Å²) in [4.78, 5) is 5.08. The Morgan fingerprint density at radius 2 is 1.00 bits per heavy atom. The summed E-state index contributed by atoms with van der Waals surface area (Å²) in [7, 11) is 0. The third-order valence-corrected chi connectivity index (χ3v) is 5.23. The molecule has 0 bridgehead atoms. The Labute approximate surface area is 158 Å². The van der Waals surface area contributed by atoms with Gasteiger partial charge < -0.3 is 0 Å². The molecule has 0 aliphatic carbocycles. The summed E-state index contributed by atoms with van der Waals surface area (Å²) in [5, 5.41) is 7.30. The minimum Gasteiger partial charge on any atom is -0.247 e. The van der Waals surface area contributed by atoms with Gasteiger partial charge >= 0.3 is 0 Å². The van der Waals surface area contributed by atoms with Gasteiger partial charge in [-0.05, 0) is 21.5 Å². The van der Waals surface area contributed by atoms with Crippen molar-refractivity contribution in [1.29, 1.82) is 0 Å². The Kier molecular flexibility index (Phi) is 3.84. The maximum absolute atomic E-state index is 5.08. The zero-order valence-electron chi connectivity index (χ0n) is 13.0. The predicted octanol–water partition coefficient (Wildman–Crippen LogP) is 4.11. The van der Waals surface area contributed by atoms with E-state index in [9.17, 15) is 0 Å². The SMILES string of the molecule is [Al].[Al][c]1c2ccc3ccccc3c2nc2c1ccc1ccccc12. The third kappa shape index (κ3) is 2.18. The first-order chi connectivity index (χ1) is 11.3. The molecule has 0 aliphatic heterocycles. The minimum absolute atomic E-state index is 0. The van der Waals surface area contributed by atoms with E-state index < -0.39 is 0 Å². The molecule has 1 nitrogen and oxygen atoms in total. The summed E-state index contributed by atoms with van der Waals surface area (Å²) in [6.07, 6.45) is 0. The fourth-order valence-electron chi connectivity index (χ4n) is 3.44. The molecule has 1 aromatic heterocycles. The van der Waals surface area contributed by atoms with Gasteiger partial charge in [-0.1, -0.05) is 72.8 Å². The molecule has 4 aromatic carbocycles. The van der Waals surface area contributed by atoms with Gasteiger partial charge in [-0.25, -0.2) is 4.98 Å². The molecule has 5 radical (unpaired) electrons. The molecule has 1 heterocycles. The lowest BCUT2D eigenvalue weighted by molar-refractivity contribution is 1.54. The van der Waals surface area contributed by atoms with E-state index in [0.717, 1.165) is 11.0 Å². The number of nitrogens with zero attached hydrogens (tertiary/aromatic N) is 1. The molecule has 0 saturated carbocycles. The average molecular weight is 332 g/mol. The van der Waals surface area contributed by atoms with E-state index in [0.29, 0.717) is 0 Å². The van der Waals surface area contributed by atoms with Crippen molar-refractivity contribution in [2.75, 3.05) is 0 Å². The molecule has 0 saturated heterocycles. The van der Waals surface area contributed by atoms with E-state index in [1.807, 2.05) is 0 Å². The maximum atomic E-state index is 5.08. The van der Waals surface area contributed by atoms with Gasteiger partial charge in [-0.2, -0.15) is 0 Å². The van der Waals surface area contributed by atoms with Crippen molar-refractivity contribution in [2.24, 2.45) is 0 Å². The molecule has 107 valence electrons. The first-order valence-corrected chi connectivity index (χ1v) is 8.29. The summed E-state index contributed by atoms with van der Waals surface area (Å²) in [6, 6.07) is 25.6. The van der Waals surface area contributed by atoms with E-state index in [1.54, 1.807) is 0 Å². The van der Waals surface area contributed by atoms with Crippen LogP contribution in [0.25, 0.3) is 43.4 Å². The van der Waals surface area contributed by atoms with Crippen molar-refractivity contribution in [2.45, 2.75) is 0 Å². The maximum Gasteiger partial charge on any atom is 0.177 e. The summed E-state index contributed by atoms with van der Waals surface area (Å²) in [6.45, 7) is 0. The van der Waals surface area contributed by atoms with E-state index >= 15 is 0 Å². The van der Waals surface area contributed by atoms with Crippen molar-refractivity contribution in [1.82, 2.24) is 4.98 Å². The normalized spacial score (nSPS) is 11.2. The number of fused-ring (bicyclic) bond motifs is 6. The van der Waals surface area contributed by atoms with Crippen LogP contribution < -0.4 is 4.43 Å². The van der Waals surface area contributed by atoms with Gasteiger partial charge in [0.25, 0.3) is 0 Å². The standard InChI is InChI=1S/C21H12N.2Al/c1-3-7-18-14(5-1)9-11-16-13-17-12-10-15-6-2-4-8-19(15)21(17)22-20(16)18;;/h1-12H;;. The largest absolute Gasteiger partial charge is 0.247 e. The van der Waals surface area contributed by atoms with Crippen LogP contribution in [-0.2, 0) is 0 Å². The van der Waals surface area contributed by atoms with Gasteiger partial charge in [-0.3, -0.25) is 0 Å². The molecule has 5 rings (SSSR count). The van der Waals surface area contributed by atoms with Crippen LogP contribution in [0, 0.1) is 0 Å². The van der Waals surface area contributed by atoms with Gasteiger partial charge in [0.1, 0.15) is 0 Å². The van der Waals surface area contributed by atoms with Crippen LogP contribution >= 0.6 is 0 Å². The Bertz CT molecular complexity index is 1130. The van der Waals surface area contributed by atoms with Gasteiger partial charge in [0.05, 0.1) is 11.0 Å². The monoisotopic (exact) mass is 332 g/mol. The number of benzene rings is 4. The summed E-state index contributed by atoms with van der Waals surface area (Å²) >= 11 is 2.92. The quantitative estimate of drug-likeness (QED) is 0.236. The molecule has 24 heavy (non-hydrogen) atoms. The number of hydrogen-bond acceptors (Lipinski definition) is 1. The van der Waals surface area contributed by atoms with E-state index in [1.165, 1.54) is 36.7 Å². The topological polar surface area (TPSA) is 12.9 Å². The molecule has 0 atom stereocenters. The van der Waals surface area contributed by atoms with Crippen molar-refractivity contribution < 1.29 is 0 Å². The third-order valence-electron chi connectivity index (χ3n) is 4.61. The Morgan fingerprint density at radius 3 is 1.50 bits per heavy atom. The molecular weight excluding hydrogens is 320 g/mol. The lowest BCUT2D eigenvalue weighted by Gasteiger charge is -2.12. The number of hydrogen-bond donors (Lipinski definition) is 0. The van der Waals surface area contributed by atoms with Crippen molar-refractivity contribution in [3.8, 4) is 0 Å². The number of aromatic nitrogens is 1. The Morgan fingerprint density at radius 1 is 0.542 bits per heavy atom. The van der Waals surface area contributed by atoms with Crippen LogP contribution in [-0.4, -0.2) is 38.6 Å². The molecule has 0 fully saturated rings. The van der Waals surface area contributed by atoms with Crippen molar-refractivity contribution in [3.05, 3.63) is 72.8 Å². The molecule has 0 aliphatic rings. The van der Waals surface area contributed by atoms with Gasteiger partial charge in [0.2, 0.25) is 0 Å². The fourth-order valence-corrected chi connectivity index (χ4v) is 3.91. The molecule has 0 amide bonds. The van der Waals surface area contributed by atoms with E-state index in [2.05, 4.69) is 89.1 Å². The van der Waals surface area contributed by atoms with Crippen LogP contribution in [0.15, 0.2) is 72.8 Å². The van der Waals surface area contributed by atoms with Crippen LogP contribution in [0.5, 0.6) is 0 Å². The first kappa shape index (κ1) is 15.7. The number of rotatable bonds is 0. The highest BCUT2D eigenvalue weighted by molar-refractivity contribution is 6.46. The highest BCUT2D eigenvalue weighted by atomic mass is 27.0. The Balaban J connectivity index is 0.00000146. The highest BCUT2D eigenvalue weighted by Gasteiger charge is 2.09. The zero-order valence-corrected chi connectivity index (χ0v) is 15.3. The lowest BCUT2D eigenvalue weighted by Crippen LogP contribution is -2.08. The van der Waals surface area contributed by atoms with E-state index in [4.69, 9.17) is 4.98 Å². The van der Waals surface area contributed by atoms with E-state index in [-0.39, 0.29) is 17.4 Å². The molecule has 0 spiro atoms. The predicted molar refractivity (Wildman–Crippen MR) is 105 cm³/mol. The van der Waals surface area contributed by atoms with Crippen LogP contribution in [0.4, 0.5) is 0 Å². The number of pyridine rings is 1. The first-order valence-electron chi connectivity index (χ1n) is 7.71. The second-order valence-electron chi connectivity index (χ2n) is 5.89. The minimum atomic E-state index is 0. The Hall–Kier alpha value is -1.87. The van der Waals surface area contributed by atoms with Crippen LogP contribution in [0.2, 0.25) is 0 Å². The van der Waals surface area contributed by atoms with Crippen molar-refractivity contribution in [3.63, 3.8) is 0 Å². The van der Waals surface area contributed by atoms with Crippen LogP contribution in [0.3, 0.4) is 0 Å².